The maximum absolute atomic E-state index is 11.5. The molecule has 0 atom stereocenters. The third kappa shape index (κ3) is 5.59. The predicted molar refractivity (Wildman–Crippen MR) is 95.0 cm³/mol. The molecule has 0 aliphatic heterocycles. The molecule has 2 aromatic rings. The zero-order chi connectivity index (χ0) is 17.6. The van der Waals surface area contributed by atoms with Crippen molar-refractivity contribution in [3.63, 3.8) is 0 Å². The molecule has 2 aromatic carbocycles. The summed E-state index contributed by atoms with van der Waals surface area (Å²) in [5, 5.41) is 0. The molecule has 0 unspecified atom stereocenters. The zero-order valence-electron chi connectivity index (χ0n) is 13.5. The molecule has 0 N–H and O–H groups in total. The molecule has 5 nitrogen and oxygen atoms in total. The van der Waals surface area contributed by atoms with E-state index in [1.807, 2.05) is 25.1 Å². The van der Waals surface area contributed by atoms with Crippen molar-refractivity contribution in [2.45, 2.75) is 18.4 Å². The van der Waals surface area contributed by atoms with E-state index in [-0.39, 0.29) is 11.7 Å². The van der Waals surface area contributed by atoms with E-state index >= 15 is 0 Å². The van der Waals surface area contributed by atoms with Crippen LogP contribution in [0, 0.1) is 0 Å². The Morgan fingerprint density at radius 1 is 1.00 bits per heavy atom. The first-order valence-corrected chi connectivity index (χ1v) is 10.0. The van der Waals surface area contributed by atoms with E-state index in [2.05, 4.69) is 15.9 Å². The van der Waals surface area contributed by atoms with Crippen molar-refractivity contribution in [2.24, 2.45) is 0 Å². The lowest BCUT2D eigenvalue weighted by atomic mass is 10.2. The molecule has 0 saturated carbocycles. The summed E-state index contributed by atoms with van der Waals surface area (Å²) in [4.78, 5) is 0.260. The summed E-state index contributed by atoms with van der Waals surface area (Å²) in [5.74, 6) is 1.20. The Morgan fingerprint density at radius 3 is 2.29 bits per heavy atom. The van der Waals surface area contributed by atoms with E-state index in [1.54, 1.807) is 12.1 Å². The van der Waals surface area contributed by atoms with Crippen molar-refractivity contribution in [3.8, 4) is 11.5 Å². The molecular weight excluding hydrogens is 396 g/mol. The maximum Gasteiger partial charge on any atom is 0.175 e. The SMILES string of the molecule is CCOCOCc1cc(Oc2ccc(S(C)(=O)=O)cc2)ccc1Br. The Morgan fingerprint density at radius 2 is 1.67 bits per heavy atom. The normalized spacial score (nSPS) is 11.5. The summed E-state index contributed by atoms with van der Waals surface area (Å²) in [6.07, 6.45) is 1.17. The minimum Gasteiger partial charge on any atom is -0.457 e. The van der Waals surface area contributed by atoms with E-state index in [4.69, 9.17) is 14.2 Å². The fraction of sp³-hybridized carbons (Fsp3) is 0.294. The average molecular weight is 415 g/mol. The third-order valence-corrected chi connectivity index (χ3v) is 5.04. The van der Waals surface area contributed by atoms with E-state index in [0.717, 1.165) is 10.0 Å². The van der Waals surface area contributed by atoms with Crippen LogP contribution in [-0.4, -0.2) is 28.1 Å². The minimum absolute atomic E-state index is 0.237. The van der Waals surface area contributed by atoms with E-state index < -0.39 is 9.84 Å². The highest BCUT2D eigenvalue weighted by molar-refractivity contribution is 9.10. The summed E-state index contributed by atoms with van der Waals surface area (Å²) in [5.41, 5.74) is 0.931. The number of halogens is 1. The van der Waals surface area contributed by atoms with Crippen molar-refractivity contribution in [1.82, 2.24) is 0 Å². The van der Waals surface area contributed by atoms with Crippen LogP contribution in [0.3, 0.4) is 0 Å². The predicted octanol–water partition coefficient (Wildman–Crippen LogP) is 4.16. The summed E-state index contributed by atoms with van der Waals surface area (Å²) in [6, 6.07) is 11.9. The van der Waals surface area contributed by atoms with Crippen molar-refractivity contribution in [1.29, 1.82) is 0 Å². The van der Waals surface area contributed by atoms with Crippen molar-refractivity contribution in [2.75, 3.05) is 19.7 Å². The van der Waals surface area contributed by atoms with Gasteiger partial charge in [-0.1, -0.05) is 15.9 Å². The topological polar surface area (TPSA) is 61.8 Å². The van der Waals surface area contributed by atoms with Crippen LogP contribution < -0.4 is 4.74 Å². The van der Waals surface area contributed by atoms with Gasteiger partial charge in [-0.05, 0) is 55.0 Å². The monoisotopic (exact) mass is 414 g/mol. The molecule has 2 rings (SSSR count). The van der Waals surface area contributed by atoms with Gasteiger partial charge in [0.05, 0.1) is 11.5 Å². The second kappa shape index (κ2) is 8.62. The van der Waals surface area contributed by atoms with Gasteiger partial charge in [0.2, 0.25) is 0 Å². The lowest BCUT2D eigenvalue weighted by Crippen LogP contribution is -2.00. The molecule has 0 fully saturated rings. The van der Waals surface area contributed by atoms with Crippen LogP contribution in [0.2, 0.25) is 0 Å². The van der Waals surface area contributed by atoms with Crippen LogP contribution in [0.25, 0.3) is 0 Å². The smallest absolute Gasteiger partial charge is 0.175 e. The van der Waals surface area contributed by atoms with Crippen molar-refractivity contribution in [3.05, 3.63) is 52.5 Å². The summed E-state index contributed by atoms with van der Waals surface area (Å²) in [7, 11) is -3.21. The Kier molecular flexibility index (Phi) is 6.79. The first kappa shape index (κ1) is 18.9. The number of rotatable bonds is 8. The third-order valence-electron chi connectivity index (χ3n) is 3.13. The van der Waals surface area contributed by atoms with Gasteiger partial charge < -0.3 is 14.2 Å². The molecule has 0 aliphatic carbocycles. The van der Waals surface area contributed by atoms with Crippen LogP contribution in [0.4, 0.5) is 0 Å². The number of hydrogen-bond donors (Lipinski definition) is 0. The molecule has 0 saturated heterocycles. The fourth-order valence-electron chi connectivity index (χ4n) is 1.91. The fourth-order valence-corrected chi connectivity index (χ4v) is 2.90. The summed E-state index contributed by atoms with van der Waals surface area (Å²) in [6.45, 7) is 3.14. The van der Waals surface area contributed by atoms with E-state index in [1.165, 1.54) is 18.4 Å². The van der Waals surface area contributed by atoms with Crippen LogP contribution >= 0.6 is 15.9 Å². The number of benzene rings is 2. The number of ether oxygens (including phenoxy) is 3. The Labute approximate surface area is 150 Å². The molecule has 130 valence electrons. The second-order valence-corrected chi connectivity index (χ2v) is 7.93. The average Bonchev–Trinajstić information content (AvgIpc) is 2.54. The van der Waals surface area contributed by atoms with Gasteiger partial charge in [0.1, 0.15) is 18.3 Å². The standard InChI is InChI=1S/C17H19BrO5S/c1-3-21-12-22-11-13-10-15(6-9-17(13)18)23-14-4-7-16(8-5-14)24(2,19)20/h4-10H,3,11-12H2,1-2H3. The maximum atomic E-state index is 11.5. The Hall–Kier alpha value is -1.41. The molecule has 0 spiro atoms. The van der Waals surface area contributed by atoms with Crippen LogP contribution in [0.5, 0.6) is 11.5 Å². The lowest BCUT2D eigenvalue weighted by Gasteiger charge is -2.10. The zero-order valence-corrected chi connectivity index (χ0v) is 15.9. The first-order chi connectivity index (χ1) is 11.4. The summed E-state index contributed by atoms with van der Waals surface area (Å²) >= 11 is 3.47. The molecule has 0 amide bonds. The van der Waals surface area contributed by atoms with Crippen LogP contribution in [0.1, 0.15) is 12.5 Å². The number of hydrogen-bond acceptors (Lipinski definition) is 5. The molecular formula is C17H19BrO5S. The van der Waals surface area contributed by atoms with Gasteiger partial charge >= 0.3 is 0 Å². The molecule has 24 heavy (non-hydrogen) atoms. The molecule has 0 radical (unpaired) electrons. The Balaban J connectivity index is 2.07. The van der Waals surface area contributed by atoms with Gasteiger partial charge in [-0.25, -0.2) is 8.42 Å². The molecule has 0 heterocycles. The molecule has 7 heteroatoms. The lowest BCUT2D eigenvalue weighted by molar-refractivity contribution is -0.0573. The van der Waals surface area contributed by atoms with Gasteiger partial charge in [-0.15, -0.1) is 0 Å². The highest BCUT2D eigenvalue weighted by atomic mass is 79.9. The van der Waals surface area contributed by atoms with Gasteiger partial charge in [0.25, 0.3) is 0 Å². The van der Waals surface area contributed by atoms with Gasteiger partial charge in [-0.3, -0.25) is 0 Å². The van der Waals surface area contributed by atoms with Gasteiger partial charge in [0, 0.05) is 17.3 Å². The van der Waals surface area contributed by atoms with Crippen molar-refractivity contribution < 1.29 is 22.6 Å². The summed E-state index contributed by atoms with van der Waals surface area (Å²) < 4.78 is 40.2. The molecule has 0 bridgehead atoms. The number of sulfone groups is 1. The second-order valence-electron chi connectivity index (χ2n) is 5.06. The Bertz CT molecular complexity index is 772. The van der Waals surface area contributed by atoms with Gasteiger partial charge in [-0.2, -0.15) is 0 Å². The quantitative estimate of drug-likeness (QED) is 0.479. The molecule has 0 aromatic heterocycles. The molecule has 0 aliphatic rings. The minimum atomic E-state index is -3.21. The van der Waals surface area contributed by atoms with Gasteiger partial charge in [0.15, 0.2) is 9.84 Å². The highest BCUT2D eigenvalue weighted by Crippen LogP contribution is 2.28. The first-order valence-electron chi connectivity index (χ1n) is 7.32. The van der Waals surface area contributed by atoms with Crippen molar-refractivity contribution >= 4 is 25.8 Å². The van der Waals surface area contributed by atoms with E-state index in [0.29, 0.717) is 24.7 Å². The van der Waals surface area contributed by atoms with E-state index in [9.17, 15) is 8.42 Å². The largest absolute Gasteiger partial charge is 0.457 e. The highest BCUT2D eigenvalue weighted by Gasteiger charge is 2.08. The van der Waals surface area contributed by atoms with Crippen LogP contribution in [0.15, 0.2) is 51.8 Å². The van der Waals surface area contributed by atoms with Crippen LogP contribution in [-0.2, 0) is 25.9 Å².